The van der Waals surface area contributed by atoms with Gasteiger partial charge in [0.15, 0.2) is 0 Å². The maximum atomic E-state index is 9.54. The van der Waals surface area contributed by atoms with Crippen LogP contribution in [0.2, 0.25) is 0 Å². The Labute approximate surface area is 119 Å². The van der Waals surface area contributed by atoms with E-state index in [1.54, 1.807) is 0 Å². The summed E-state index contributed by atoms with van der Waals surface area (Å²) in [5, 5.41) is 9.54. The molecule has 2 nitrogen and oxygen atoms in total. The molecule has 1 atom stereocenters. The van der Waals surface area contributed by atoms with Crippen molar-refractivity contribution in [3.8, 4) is 5.75 Å². The Balaban J connectivity index is 0.00000225. The lowest BCUT2D eigenvalue weighted by molar-refractivity contribution is 0.468. The van der Waals surface area contributed by atoms with Crippen molar-refractivity contribution < 1.29 is 5.11 Å². The first-order valence-electron chi connectivity index (χ1n) is 4.49. The molecule has 0 spiro atoms. The summed E-state index contributed by atoms with van der Waals surface area (Å²) in [4.78, 5) is 0. The molecule has 3 N–H and O–H groups in total. The Morgan fingerprint density at radius 3 is 2.25 bits per heavy atom. The SMILES string of the molecule is C=C(C)C[C@H](N)c1cc(Br)c(O)c(Br)c1.Cl. The first kappa shape index (κ1) is 16.0. The molecule has 1 aromatic rings. The fourth-order valence-corrected chi connectivity index (χ4v) is 2.51. The molecular formula is C11H14Br2ClNO. The lowest BCUT2D eigenvalue weighted by atomic mass is 10.0. The third-order valence-corrected chi connectivity index (χ3v) is 3.24. The molecule has 0 aromatic heterocycles. The molecule has 0 radical (unpaired) electrons. The maximum Gasteiger partial charge on any atom is 0.143 e. The first-order valence-corrected chi connectivity index (χ1v) is 6.08. The number of aromatic hydroxyl groups is 1. The van der Waals surface area contributed by atoms with Gasteiger partial charge in [-0.25, -0.2) is 0 Å². The van der Waals surface area contributed by atoms with Crippen LogP contribution in [0.1, 0.15) is 24.9 Å². The van der Waals surface area contributed by atoms with E-state index in [-0.39, 0.29) is 24.2 Å². The van der Waals surface area contributed by atoms with Crippen molar-refractivity contribution in [1.82, 2.24) is 0 Å². The normalized spacial score (nSPS) is 11.8. The van der Waals surface area contributed by atoms with E-state index >= 15 is 0 Å². The number of halogens is 3. The Hall–Kier alpha value is -0.0300. The van der Waals surface area contributed by atoms with Crippen LogP contribution in [0.25, 0.3) is 0 Å². The highest BCUT2D eigenvalue weighted by atomic mass is 79.9. The summed E-state index contributed by atoms with van der Waals surface area (Å²) in [6, 6.07) is 3.57. The molecule has 1 aromatic carbocycles. The van der Waals surface area contributed by atoms with E-state index in [0.29, 0.717) is 8.95 Å². The molecule has 16 heavy (non-hydrogen) atoms. The predicted octanol–water partition coefficient (Wildman–Crippen LogP) is 4.31. The summed E-state index contributed by atoms with van der Waals surface area (Å²) in [7, 11) is 0. The van der Waals surface area contributed by atoms with Crippen molar-refractivity contribution >= 4 is 44.3 Å². The van der Waals surface area contributed by atoms with Crippen LogP contribution < -0.4 is 5.73 Å². The fraction of sp³-hybridized carbons (Fsp3) is 0.273. The Bertz CT molecular complexity index is 373. The van der Waals surface area contributed by atoms with Gasteiger partial charge >= 0.3 is 0 Å². The van der Waals surface area contributed by atoms with E-state index in [2.05, 4.69) is 38.4 Å². The number of phenolic OH excluding ortho intramolecular Hbond substituents is 1. The molecule has 0 saturated carbocycles. The minimum atomic E-state index is -0.0873. The molecule has 0 saturated heterocycles. The zero-order chi connectivity index (χ0) is 11.6. The van der Waals surface area contributed by atoms with Gasteiger partial charge < -0.3 is 10.8 Å². The molecule has 0 aliphatic heterocycles. The standard InChI is InChI=1S/C11H13Br2NO.ClH/c1-6(2)3-10(14)7-4-8(12)11(15)9(13)5-7;/h4-5,10,15H,1,3,14H2,2H3;1H/t10-;/m0./s1. The third-order valence-electron chi connectivity index (χ3n) is 2.04. The zero-order valence-electron chi connectivity index (χ0n) is 8.84. The first-order chi connectivity index (χ1) is 6.91. The topological polar surface area (TPSA) is 46.2 Å². The van der Waals surface area contributed by atoms with Gasteiger partial charge in [-0.15, -0.1) is 19.0 Å². The highest BCUT2D eigenvalue weighted by molar-refractivity contribution is 9.11. The number of benzene rings is 1. The summed E-state index contributed by atoms with van der Waals surface area (Å²) < 4.78 is 1.29. The molecule has 1 rings (SSSR count). The lowest BCUT2D eigenvalue weighted by Gasteiger charge is -2.13. The van der Waals surface area contributed by atoms with Gasteiger partial charge in [0.25, 0.3) is 0 Å². The van der Waals surface area contributed by atoms with Gasteiger partial charge in [-0.3, -0.25) is 0 Å². The Morgan fingerprint density at radius 1 is 1.44 bits per heavy atom. The third kappa shape index (κ3) is 4.09. The summed E-state index contributed by atoms with van der Waals surface area (Å²) in [6.07, 6.45) is 0.740. The van der Waals surface area contributed by atoms with Gasteiger partial charge in [0, 0.05) is 6.04 Å². The van der Waals surface area contributed by atoms with Crippen molar-refractivity contribution in [1.29, 1.82) is 0 Å². The second kappa shape index (κ2) is 6.64. The van der Waals surface area contributed by atoms with Gasteiger partial charge in [-0.05, 0) is 62.9 Å². The highest BCUT2D eigenvalue weighted by Crippen LogP contribution is 2.35. The molecule has 0 bridgehead atoms. The van der Waals surface area contributed by atoms with E-state index in [1.165, 1.54) is 0 Å². The van der Waals surface area contributed by atoms with Crippen molar-refractivity contribution in [3.05, 3.63) is 38.8 Å². The number of hydrogen-bond donors (Lipinski definition) is 2. The van der Waals surface area contributed by atoms with Crippen LogP contribution in [0.5, 0.6) is 5.75 Å². The smallest absolute Gasteiger partial charge is 0.143 e. The Kier molecular flexibility index (Phi) is 6.63. The predicted molar refractivity (Wildman–Crippen MR) is 77.1 cm³/mol. The molecule has 0 aliphatic carbocycles. The van der Waals surface area contributed by atoms with E-state index in [1.807, 2.05) is 19.1 Å². The van der Waals surface area contributed by atoms with Crippen LogP contribution in [-0.2, 0) is 0 Å². The molecule has 0 fully saturated rings. The fourth-order valence-electron chi connectivity index (χ4n) is 1.29. The summed E-state index contributed by atoms with van der Waals surface area (Å²) >= 11 is 6.55. The maximum absolute atomic E-state index is 9.54. The molecule has 0 unspecified atom stereocenters. The van der Waals surface area contributed by atoms with Crippen LogP contribution in [0, 0.1) is 0 Å². The number of rotatable bonds is 3. The molecule has 0 heterocycles. The summed E-state index contributed by atoms with van der Waals surface area (Å²) in [5.41, 5.74) is 8.01. The van der Waals surface area contributed by atoms with Crippen LogP contribution in [0.15, 0.2) is 33.2 Å². The van der Waals surface area contributed by atoms with Crippen LogP contribution in [-0.4, -0.2) is 5.11 Å². The molecule has 0 aliphatic rings. The number of phenols is 1. The second-order valence-electron chi connectivity index (χ2n) is 3.60. The average molecular weight is 371 g/mol. The quantitative estimate of drug-likeness (QED) is 0.778. The van der Waals surface area contributed by atoms with Crippen molar-refractivity contribution in [2.45, 2.75) is 19.4 Å². The van der Waals surface area contributed by atoms with Gasteiger partial charge in [0.2, 0.25) is 0 Å². The largest absolute Gasteiger partial charge is 0.506 e. The summed E-state index contributed by atoms with van der Waals surface area (Å²) in [6.45, 7) is 5.78. The number of hydrogen-bond acceptors (Lipinski definition) is 2. The van der Waals surface area contributed by atoms with Gasteiger partial charge in [0.1, 0.15) is 5.75 Å². The molecule has 5 heteroatoms. The average Bonchev–Trinajstić information content (AvgIpc) is 2.12. The molecule has 90 valence electrons. The van der Waals surface area contributed by atoms with E-state index in [4.69, 9.17) is 5.73 Å². The van der Waals surface area contributed by atoms with Gasteiger partial charge in [0.05, 0.1) is 8.95 Å². The van der Waals surface area contributed by atoms with E-state index in [9.17, 15) is 5.11 Å². The zero-order valence-corrected chi connectivity index (χ0v) is 12.8. The Morgan fingerprint density at radius 2 is 1.88 bits per heavy atom. The minimum absolute atomic E-state index is 0. The van der Waals surface area contributed by atoms with Crippen molar-refractivity contribution in [2.75, 3.05) is 0 Å². The lowest BCUT2D eigenvalue weighted by Crippen LogP contribution is -2.10. The minimum Gasteiger partial charge on any atom is -0.506 e. The van der Waals surface area contributed by atoms with Crippen LogP contribution in [0.3, 0.4) is 0 Å². The monoisotopic (exact) mass is 369 g/mol. The molecule has 0 amide bonds. The molecular weight excluding hydrogens is 357 g/mol. The number of nitrogens with two attached hydrogens (primary N) is 1. The summed E-state index contributed by atoms with van der Waals surface area (Å²) in [5.74, 6) is 0.196. The van der Waals surface area contributed by atoms with Gasteiger partial charge in [-0.1, -0.05) is 5.57 Å². The van der Waals surface area contributed by atoms with E-state index < -0.39 is 0 Å². The van der Waals surface area contributed by atoms with Gasteiger partial charge in [-0.2, -0.15) is 0 Å². The van der Waals surface area contributed by atoms with E-state index in [0.717, 1.165) is 17.6 Å². The van der Waals surface area contributed by atoms with Crippen molar-refractivity contribution in [3.63, 3.8) is 0 Å². The highest BCUT2D eigenvalue weighted by Gasteiger charge is 2.11. The van der Waals surface area contributed by atoms with Crippen LogP contribution >= 0.6 is 44.3 Å². The second-order valence-corrected chi connectivity index (χ2v) is 5.31. The van der Waals surface area contributed by atoms with Crippen LogP contribution in [0.4, 0.5) is 0 Å². The van der Waals surface area contributed by atoms with Crippen molar-refractivity contribution in [2.24, 2.45) is 5.73 Å².